The van der Waals surface area contributed by atoms with E-state index in [4.69, 9.17) is 0 Å². The molecule has 0 saturated carbocycles. The Bertz CT molecular complexity index is 931. The van der Waals surface area contributed by atoms with E-state index in [1.807, 2.05) is 30.5 Å². The Balaban J connectivity index is 1.49. The normalized spacial score (nSPS) is 15.1. The summed E-state index contributed by atoms with van der Waals surface area (Å²) >= 11 is 3.02. The van der Waals surface area contributed by atoms with E-state index < -0.39 is 0 Å². The van der Waals surface area contributed by atoms with Gasteiger partial charge in [0, 0.05) is 32.2 Å². The highest BCUT2D eigenvalue weighted by Crippen LogP contribution is 2.31. The summed E-state index contributed by atoms with van der Waals surface area (Å²) in [7, 11) is 2.12. The zero-order chi connectivity index (χ0) is 18.8. The maximum atomic E-state index is 12.7. The van der Waals surface area contributed by atoms with Crippen molar-refractivity contribution >= 4 is 40.2 Å². The number of anilines is 2. The van der Waals surface area contributed by atoms with Gasteiger partial charge in [0.25, 0.3) is 5.91 Å². The van der Waals surface area contributed by atoms with Crippen LogP contribution in [0, 0.1) is 6.92 Å². The van der Waals surface area contributed by atoms with E-state index in [-0.39, 0.29) is 5.91 Å². The van der Waals surface area contributed by atoms with E-state index in [0.717, 1.165) is 47.6 Å². The summed E-state index contributed by atoms with van der Waals surface area (Å²) in [6.07, 6.45) is 1.50. The predicted molar refractivity (Wildman–Crippen MR) is 110 cm³/mol. The lowest BCUT2D eigenvalue weighted by Gasteiger charge is -2.33. The Kier molecular flexibility index (Phi) is 5.15. The van der Waals surface area contributed by atoms with Gasteiger partial charge in [-0.3, -0.25) is 4.79 Å². The van der Waals surface area contributed by atoms with Gasteiger partial charge in [-0.15, -0.1) is 22.7 Å². The van der Waals surface area contributed by atoms with Crippen molar-refractivity contribution in [3.63, 3.8) is 0 Å². The van der Waals surface area contributed by atoms with Gasteiger partial charge < -0.3 is 15.1 Å². The molecular weight excluding hydrogens is 380 g/mol. The second kappa shape index (κ2) is 7.71. The fourth-order valence-corrected chi connectivity index (χ4v) is 4.67. The quantitative estimate of drug-likeness (QED) is 0.726. The van der Waals surface area contributed by atoms with Crippen LogP contribution >= 0.6 is 22.7 Å². The zero-order valence-electron chi connectivity index (χ0n) is 15.2. The number of thiophene rings is 1. The summed E-state index contributed by atoms with van der Waals surface area (Å²) in [5.74, 6) is 1.17. The third kappa shape index (κ3) is 4.00. The van der Waals surface area contributed by atoms with E-state index in [9.17, 15) is 4.79 Å². The van der Waals surface area contributed by atoms with Gasteiger partial charge in [-0.2, -0.15) is 0 Å². The lowest BCUT2D eigenvalue weighted by molar-refractivity contribution is 0.102. The summed E-state index contributed by atoms with van der Waals surface area (Å²) < 4.78 is 0. The van der Waals surface area contributed by atoms with Crippen molar-refractivity contribution in [3.8, 4) is 9.88 Å². The average molecular weight is 401 g/mol. The van der Waals surface area contributed by atoms with Crippen LogP contribution < -0.4 is 10.2 Å². The molecule has 4 heterocycles. The molecule has 1 aliphatic heterocycles. The van der Waals surface area contributed by atoms with Crippen LogP contribution in [0.1, 0.15) is 15.4 Å². The third-order valence-corrected chi connectivity index (χ3v) is 6.65. The molecule has 1 amide bonds. The molecule has 0 atom stereocenters. The van der Waals surface area contributed by atoms with Gasteiger partial charge in [-0.1, -0.05) is 6.07 Å². The van der Waals surface area contributed by atoms with E-state index in [1.165, 1.54) is 17.7 Å². The van der Waals surface area contributed by atoms with Crippen molar-refractivity contribution in [2.75, 3.05) is 43.4 Å². The van der Waals surface area contributed by atoms with Crippen LogP contribution in [0.4, 0.5) is 11.6 Å². The monoisotopic (exact) mass is 400 g/mol. The van der Waals surface area contributed by atoms with Crippen LogP contribution in [-0.4, -0.2) is 59.0 Å². The summed E-state index contributed by atoms with van der Waals surface area (Å²) in [5.41, 5.74) is 0.731. The number of nitrogens with one attached hydrogen (secondary N) is 1. The lowest BCUT2D eigenvalue weighted by atomic mass is 10.3. The number of amides is 1. The molecule has 0 bridgehead atoms. The molecule has 1 saturated heterocycles. The van der Waals surface area contributed by atoms with Crippen LogP contribution in [0.15, 0.2) is 29.9 Å². The van der Waals surface area contributed by atoms with Gasteiger partial charge >= 0.3 is 0 Å². The first kappa shape index (κ1) is 18.0. The molecule has 0 radical (unpaired) electrons. The van der Waals surface area contributed by atoms with Crippen LogP contribution in [0.5, 0.6) is 0 Å². The zero-order valence-corrected chi connectivity index (χ0v) is 16.8. The number of carbonyl (C=O) groups is 1. The Labute approximate surface area is 165 Å². The molecule has 4 rings (SSSR count). The van der Waals surface area contributed by atoms with Gasteiger partial charge in [-0.25, -0.2) is 15.0 Å². The molecule has 0 spiro atoms. The maximum Gasteiger partial charge on any atom is 0.268 e. The number of aryl methyl sites for hydroxylation is 1. The van der Waals surface area contributed by atoms with Crippen molar-refractivity contribution in [2.24, 2.45) is 0 Å². The molecule has 3 aromatic rings. The molecule has 7 nitrogen and oxygen atoms in total. The Hall–Kier alpha value is -2.36. The van der Waals surface area contributed by atoms with Gasteiger partial charge in [0.2, 0.25) is 0 Å². The van der Waals surface area contributed by atoms with Crippen LogP contribution in [-0.2, 0) is 0 Å². The number of likely N-dealkylation sites (N-methyl/N-ethyl adjacent to an activating group) is 1. The van der Waals surface area contributed by atoms with Crippen molar-refractivity contribution in [3.05, 3.63) is 40.5 Å². The molecule has 3 aromatic heterocycles. The third-order valence-electron chi connectivity index (χ3n) is 4.46. The second-order valence-electron chi connectivity index (χ2n) is 6.42. The van der Waals surface area contributed by atoms with Crippen molar-refractivity contribution in [1.82, 2.24) is 19.9 Å². The molecule has 1 fully saturated rings. The Morgan fingerprint density at radius 2 is 2.04 bits per heavy atom. The fraction of sp³-hybridized carbons (Fsp3) is 0.333. The van der Waals surface area contributed by atoms with Crippen LogP contribution in [0.2, 0.25) is 0 Å². The molecule has 0 aliphatic carbocycles. The highest BCUT2D eigenvalue weighted by molar-refractivity contribution is 7.22. The van der Waals surface area contributed by atoms with Crippen molar-refractivity contribution < 1.29 is 4.79 Å². The number of thiazole rings is 1. The first-order valence-electron chi connectivity index (χ1n) is 8.68. The number of nitrogens with zero attached hydrogens (tertiary/aromatic N) is 5. The molecule has 9 heteroatoms. The highest BCUT2D eigenvalue weighted by atomic mass is 32.1. The topological polar surface area (TPSA) is 74.2 Å². The standard InChI is InChI=1S/C18H20N6OS2/c1-12-16(27-18(21-12)13-4-3-9-26-13)17(25)22-14-10-15(20-11-19-14)24-7-5-23(2)6-8-24/h3-4,9-11H,5-8H2,1-2H3,(H,19,20,22,25). The molecule has 0 aromatic carbocycles. The van der Waals surface area contributed by atoms with Crippen LogP contribution in [0.3, 0.4) is 0 Å². The summed E-state index contributed by atoms with van der Waals surface area (Å²) in [6.45, 7) is 5.69. The minimum absolute atomic E-state index is 0.184. The molecular formula is C18H20N6OS2. The first-order valence-corrected chi connectivity index (χ1v) is 10.4. The smallest absolute Gasteiger partial charge is 0.268 e. The summed E-state index contributed by atoms with van der Waals surface area (Å²) in [4.78, 5) is 32.0. The number of aromatic nitrogens is 3. The van der Waals surface area contributed by atoms with E-state index in [0.29, 0.717) is 10.7 Å². The lowest BCUT2D eigenvalue weighted by Crippen LogP contribution is -2.44. The fourth-order valence-electron chi connectivity index (χ4n) is 2.91. The SMILES string of the molecule is Cc1nc(-c2cccs2)sc1C(=O)Nc1cc(N2CCN(C)CC2)ncn1. The number of hydrogen-bond acceptors (Lipinski definition) is 8. The predicted octanol–water partition coefficient (Wildman–Crippen LogP) is 2.97. The molecule has 27 heavy (non-hydrogen) atoms. The van der Waals surface area contributed by atoms with Gasteiger partial charge in [0.05, 0.1) is 10.6 Å². The Morgan fingerprint density at radius 1 is 1.22 bits per heavy atom. The maximum absolute atomic E-state index is 12.7. The molecule has 1 N–H and O–H groups in total. The highest BCUT2D eigenvalue weighted by Gasteiger charge is 2.19. The van der Waals surface area contributed by atoms with Gasteiger partial charge in [-0.05, 0) is 25.4 Å². The van der Waals surface area contributed by atoms with Crippen molar-refractivity contribution in [1.29, 1.82) is 0 Å². The number of rotatable bonds is 4. The van der Waals surface area contributed by atoms with Crippen LogP contribution in [0.25, 0.3) is 9.88 Å². The second-order valence-corrected chi connectivity index (χ2v) is 8.36. The Morgan fingerprint density at radius 3 is 2.78 bits per heavy atom. The van der Waals surface area contributed by atoms with Gasteiger partial charge in [0.1, 0.15) is 27.8 Å². The summed E-state index contributed by atoms with van der Waals surface area (Å²) in [6, 6.07) is 5.83. The number of piperazine rings is 1. The minimum atomic E-state index is -0.184. The average Bonchev–Trinajstić information content (AvgIpc) is 3.32. The number of hydrogen-bond donors (Lipinski definition) is 1. The largest absolute Gasteiger partial charge is 0.354 e. The molecule has 1 aliphatic rings. The minimum Gasteiger partial charge on any atom is -0.354 e. The van der Waals surface area contributed by atoms with Gasteiger partial charge in [0.15, 0.2) is 0 Å². The molecule has 140 valence electrons. The molecule has 0 unspecified atom stereocenters. The van der Waals surface area contributed by atoms with E-state index in [2.05, 4.69) is 37.1 Å². The summed E-state index contributed by atoms with van der Waals surface area (Å²) in [5, 5.41) is 5.77. The first-order chi connectivity index (χ1) is 13.1. The van der Waals surface area contributed by atoms with E-state index in [1.54, 1.807) is 11.3 Å². The van der Waals surface area contributed by atoms with E-state index >= 15 is 0 Å². The number of carbonyl (C=O) groups excluding carboxylic acids is 1. The van der Waals surface area contributed by atoms with Crippen molar-refractivity contribution in [2.45, 2.75) is 6.92 Å².